The summed E-state index contributed by atoms with van der Waals surface area (Å²) in [6.07, 6.45) is 1.48. The number of methoxy groups -OCH3 is 1. The standard InChI is InChI=1S/C21H28N4O4S/c1-4-14(2)29-17-7-5-15(13-18(17)28-3)20-22-21(27)16(23-24-20)6-8-19(26)25-9-11-30-12-10-25/h5,7,13-14H,4,6,8-12H2,1-3H3,(H,22,24,27)/t14-/m0/s1. The molecule has 1 aliphatic rings. The Hall–Kier alpha value is -2.55. The van der Waals surface area contributed by atoms with Crippen LogP contribution in [0.1, 0.15) is 32.4 Å². The van der Waals surface area contributed by atoms with E-state index in [1.807, 2.05) is 30.5 Å². The van der Waals surface area contributed by atoms with Crippen molar-refractivity contribution in [3.05, 3.63) is 34.2 Å². The summed E-state index contributed by atoms with van der Waals surface area (Å²) in [6, 6.07) is 5.36. The summed E-state index contributed by atoms with van der Waals surface area (Å²) < 4.78 is 11.3. The summed E-state index contributed by atoms with van der Waals surface area (Å²) >= 11 is 1.85. The lowest BCUT2D eigenvalue weighted by Gasteiger charge is -2.26. The first-order chi connectivity index (χ1) is 14.5. The van der Waals surface area contributed by atoms with Gasteiger partial charge in [0, 0.05) is 43.0 Å². The Bertz CT molecular complexity index is 927. The number of amides is 1. The molecule has 1 aliphatic heterocycles. The van der Waals surface area contributed by atoms with Crippen LogP contribution in [0, 0.1) is 0 Å². The highest BCUT2D eigenvalue weighted by Gasteiger charge is 2.18. The van der Waals surface area contributed by atoms with Crippen molar-refractivity contribution in [2.75, 3.05) is 31.7 Å². The molecule has 0 unspecified atom stereocenters. The number of hydrogen-bond acceptors (Lipinski definition) is 7. The van der Waals surface area contributed by atoms with Gasteiger partial charge in [-0.25, -0.2) is 0 Å². The molecule has 1 fully saturated rings. The van der Waals surface area contributed by atoms with Crippen molar-refractivity contribution < 1.29 is 14.3 Å². The molecule has 1 N–H and O–H groups in total. The van der Waals surface area contributed by atoms with Crippen LogP contribution in [0.3, 0.4) is 0 Å². The molecule has 9 heteroatoms. The van der Waals surface area contributed by atoms with Crippen molar-refractivity contribution in [1.82, 2.24) is 20.1 Å². The molecule has 0 spiro atoms. The van der Waals surface area contributed by atoms with Crippen LogP contribution in [0.15, 0.2) is 23.0 Å². The third kappa shape index (κ3) is 5.53. The SMILES string of the molecule is CC[C@H](C)Oc1ccc(-c2nnc(CCC(=O)N3CCSCC3)c(=O)[nH]2)cc1OC. The Morgan fingerprint density at radius 1 is 1.27 bits per heavy atom. The zero-order valence-corrected chi connectivity index (χ0v) is 18.5. The fourth-order valence-corrected chi connectivity index (χ4v) is 3.97. The largest absolute Gasteiger partial charge is 0.493 e. The molecule has 0 radical (unpaired) electrons. The number of rotatable bonds is 8. The molecule has 1 saturated heterocycles. The maximum absolute atomic E-state index is 12.5. The van der Waals surface area contributed by atoms with E-state index < -0.39 is 0 Å². The van der Waals surface area contributed by atoms with Gasteiger partial charge in [0.2, 0.25) is 5.91 Å². The van der Waals surface area contributed by atoms with Crippen LogP contribution in [0.5, 0.6) is 11.5 Å². The summed E-state index contributed by atoms with van der Waals surface area (Å²) in [7, 11) is 1.57. The lowest BCUT2D eigenvalue weighted by Crippen LogP contribution is -2.38. The van der Waals surface area contributed by atoms with Gasteiger partial charge in [0.1, 0.15) is 5.69 Å². The summed E-state index contributed by atoms with van der Waals surface area (Å²) in [5, 5.41) is 8.22. The van der Waals surface area contributed by atoms with Crippen LogP contribution >= 0.6 is 11.8 Å². The van der Waals surface area contributed by atoms with Crippen molar-refractivity contribution >= 4 is 17.7 Å². The number of nitrogens with zero attached hydrogens (tertiary/aromatic N) is 3. The number of carbonyl (C=O) groups excluding carboxylic acids is 1. The van der Waals surface area contributed by atoms with Crippen LogP contribution in [-0.2, 0) is 11.2 Å². The van der Waals surface area contributed by atoms with Crippen molar-refractivity contribution in [2.24, 2.45) is 0 Å². The third-order valence-corrected chi connectivity index (χ3v) is 5.99. The fraction of sp³-hybridized carbons (Fsp3) is 0.524. The first-order valence-corrected chi connectivity index (χ1v) is 11.3. The van der Waals surface area contributed by atoms with Crippen molar-refractivity contribution in [3.63, 3.8) is 0 Å². The Morgan fingerprint density at radius 2 is 2.03 bits per heavy atom. The van der Waals surface area contributed by atoms with Gasteiger partial charge in [0.25, 0.3) is 5.56 Å². The normalized spacial score (nSPS) is 15.0. The molecule has 0 saturated carbocycles. The van der Waals surface area contributed by atoms with E-state index in [4.69, 9.17) is 9.47 Å². The topological polar surface area (TPSA) is 97.4 Å². The van der Waals surface area contributed by atoms with Crippen LogP contribution in [0.4, 0.5) is 0 Å². The fourth-order valence-electron chi connectivity index (χ4n) is 3.06. The molecule has 1 amide bonds. The lowest BCUT2D eigenvalue weighted by atomic mass is 10.2. The molecule has 1 aromatic carbocycles. The highest BCUT2D eigenvalue weighted by molar-refractivity contribution is 7.99. The van der Waals surface area contributed by atoms with E-state index in [2.05, 4.69) is 15.2 Å². The Morgan fingerprint density at radius 3 is 2.70 bits per heavy atom. The third-order valence-electron chi connectivity index (χ3n) is 5.04. The van der Waals surface area contributed by atoms with Gasteiger partial charge in [0.15, 0.2) is 17.3 Å². The van der Waals surface area contributed by atoms with Gasteiger partial charge in [0.05, 0.1) is 13.2 Å². The van der Waals surface area contributed by atoms with E-state index in [-0.39, 0.29) is 36.1 Å². The second-order valence-electron chi connectivity index (χ2n) is 7.14. The number of benzene rings is 1. The molecule has 2 aromatic rings. The van der Waals surface area contributed by atoms with Crippen LogP contribution in [0.2, 0.25) is 0 Å². The van der Waals surface area contributed by atoms with E-state index in [0.717, 1.165) is 31.0 Å². The van der Waals surface area contributed by atoms with Crippen LogP contribution in [-0.4, -0.2) is 63.8 Å². The first-order valence-electron chi connectivity index (χ1n) is 10.2. The molecule has 2 heterocycles. The Labute approximate surface area is 180 Å². The average Bonchev–Trinajstić information content (AvgIpc) is 2.78. The maximum atomic E-state index is 12.5. The van der Waals surface area contributed by atoms with Crippen molar-refractivity contribution in [1.29, 1.82) is 0 Å². The molecule has 0 bridgehead atoms. The minimum Gasteiger partial charge on any atom is -0.493 e. The Balaban J connectivity index is 1.70. The number of carbonyl (C=O) groups is 1. The van der Waals surface area contributed by atoms with Gasteiger partial charge in [-0.05, 0) is 31.5 Å². The monoisotopic (exact) mass is 432 g/mol. The molecule has 3 rings (SSSR count). The van der Waals surface area contributed by atoms with Gasteiger partial charge in [-0.3, -0.25) is 9.59 Å². The first kappa shape index (κ1) is 22.1. The Kier molecular flexibility index (Phi) is 7.73. The number of H-pyrrole nitrogens is 1. The van der Waals surface area contributed by atoms with Gasteiger partial charge >= 0.3 is 0 Å². The average molecular weight is 433 g/mol. The smallest absolute Gasteiger partial charge is 0.273 e. The van der Waals surface area contributed by atoms with E-state index >= 15 is 0 Å². The number of ether oxygens (including phenoxy) is 2. The van der Waals surface area contributed by atoms with Crippen LogP contribution in [0.25, 0.3) is 11.4 Å². The van der Waals surface area contributed by atoms with E-state index in [9.17, 15) is 9.59 Å². The maximum Gasteiger partial charge on any atom is 0.273 e. The number of hydrogen-bond donors (Lipinski definition) is 1. The number of aryl methyl sites for hydroxylation is 1. The molecule has 30 heavy (non-hydrogen) atoms. The lowest BCUT2D eigenvalue weighted by molar-refractivity contribution is -0.130. The summed E-state index contributed by atoms with van der Waals surface area (Å²) in [6.45, 7) is 5.57. The molecule has 0 aliphatic carbocycles. The summed E-state index contributed by atoms with van der Waals surface area (Å²) in [5.74, 6) is 3.53. The summed E-state index contributed by atoms with van der Waals surface area (Å²) in [5.41, 5.74) is 0.601. The van der Waals surface area contributed by atoms with Gasteiger partial charge in [-0.15, -0.1) is 10.2 Å². The number of thioether (sulfide) groups is 1. The van der Waals surface area contributed by atoms with Crippen molar-refractivity contribution in [2.45, 2.75) is 39.2 Å². The molecule has 8 nitrogen and oxygen atoms in total. The highest BCUT2D eigenvalue weighted by atomic mass is 32.2. The van der Waals surface area contributed by atoms with E-state index in [0.29, 0.717) is 22.9 Å². The zero-order valence-electron chi connectivity index (χ0n) is 17.6. The molecule has 162 valence electrons. The van der Waals surface area contributed by atoms with E-state index in [1.165, 1.54) is 0 Å². The highest BCUT2D eigenvalue weighted by Crippen LogP contribution is 2.32. The molecule has 1 aromatic heterocycles. The second-order valence-corrected chi connectivity index (χ2v) is 8.37. The number of aromatic amines is 1. The quantitative estimate of drug-likeness (QED) is 0.684. The van der Waals surface area contributed by atoms with Crippen LogP contribution < -0.4 is 15.0 Å². The molecular formula is C21H28N4O4S. The number of aromatic nitrogens is 3. The minimum absolute atomic E-state index is 0.0576. The van der Waals surface area contributed by atoms with Gasteiger partial charge in [-0.1, -0.05) is 6.92 Å². The predicted molar refractivity (Wildman–Crippen MR) is 117 cm³/mol. The zero-order chi connectivity index (χ0) is 21.5. The van der Waals surface area contributed by atoms with Gasteiger partial charge < -0.3 is 19.4 Å². The van der Waals surface area contributed by atoms with E-state index in [1.54, 1.807) is 25.3 Å². The van der Waals surface area contributed by atoms with Gasteiger partial charge in [-0.2, -0.15) is 11.8 Å². The summed E-state index contributed by atoms with van der Waals surface area (Å²) in [4.78, 5) is 29.4. The second kappa shape index (κ2) is 10.5. The molecular weight excluding hydrogens is 404 g/mol. The number of nitrogens with one attached hydrogen (secondary N) is 1. The molecule has 1 atom stereocenters. The van der Waals surface area contributed by atoms with Crippen molar-refractivity contribution in [3.8, 4) is 22.9 Å². The predicted octanol–water partition coefficient (Wildman–Crippen LogP) is 2.53. The minimum atomic E-state index is -0.333.